The summed E-state index contributed by atoms with van der Waals surface area (Å²) in [5, 5.41) is 0. The van der Waals surface area contributed by atoms with Crippen molar-refractivity contribution >= 4 is 0 Å². The highest BCUT2D eigenvalue weighted by atomic mass is 15.2. The molecule has 0 spiro atoms. The molecule has 4 aliphatic rings. The van der Waals surface area contributed by atoms with E-state index in [-0.39, 0.29) is 0 Å². The molecular weight excluding hydrogens is 206 g/mol. The molecule has 0 aromatic rings. The molecule has 98 valence electrons. The molecule has 2 unspecified atom stereocenters. The molecule has 4 aliphatic carbocycles. The van der Waals surface area contributed by atoms with E-state index in [0.29, 0.717) is 16.4 Å². The van der Waals surface area contributed by atoms with E-state index in [9.17, 15) is 0 Å². The average molecular weight is 235 g/mol. The van der Waals surface area contributed by atoms with Gasteiger partial charge >= 0.3 is 0 Å². The van der Waals surface area contributed by atoms with Crippen molar-refractivity contribution in [3.05, 3.63) is 0 Å². The average Bonchev–Trinajstić information content (AvgIpc) is 2.27. The van der Waals surface area contributed by atoms with Crippen LogP contribution in [-0.4, -0.2) is 24.5 Å². The molecule has 0 radical (unpaired) electrons. The van der Waals surface area contributed by atoms with Gasteiger partial charge in [-0.15, -0.1) is 0 Å². The van der Waals surface area contributed by atoms with E-state index in [1.165, 1.54) is 32.1 Å². The third kappa shape index (κ3) is 1.54. The van der Waals surface area contributed by atoms with Crippen molar-refractivity contribution in [1.29, 1.82) is 0 Å². The van der Waals surface area contributed by atoms with Crippen molar-refractivity contribution < 1.29 is 0 Å². The maximum absolute atomic E-state index is 2.59. The number of hydrogen-bond acceptors (Lipinski definition) is 1. The van der Waals surface area contributed by atoms with E-state index >= 15 is 0 Å². The van der Waals surface area contributed by atoms with E-state index in [1.807, 2.05) is 0 Å². The Bertz CT molecular complexity index is 299. The zero-order chi connectivity index (χ0) is 12.3. The van der Waals surface area contributed by atoms with E-state index in [4.69, 9.17) is 0 Å². The molecule has 17 heavy (non-hydrogen) atoms. The second-order valence-electron chi connectivity index (χ2n) is 7.83. The lowest BCUT2D eigenvalue weighted by atomic mass is 9.40. The van der Waals surface area contributed by atoms with Gasteiger partial charge < -0.3 is 4.90 Å². The van der Waals surface area contributed by atoms with Crippen molar-refractivity contribution in [3.63, 3.8) is 0 Å². The van der Waals surface area contributed by atoms with Crippen molar-refractivity contribution in [2.45, 2.75) is 70.8 Å². The highest BCUT2D eigenvalue weighted by Gasteiger charge is 2.62. The molecule has 0 aromatic heterocycles. The lowest BCUT2D eigenvalue weighted by Crippen LogP contribution is -2.64. The fourth-order valence-electron chi connectivity index (χ4n) is 6.08. The first-order valence-electron chi connectivity index (χ1n) is 7.65. The molecule has 1 nitrogen and oxygen atoms in total. The quantitative estimate of drug-likeness (QED) is 0.712. The maximum atomic E-state index is 2.59. The summed E-state index contributed by atoms with van der Waals surface area (Å²) in [6.45, 7) is 4.89. The van der Waals surface area contributed by atoms with Crippen molar-refractivity contribution in [2.75, 3.05) is 14.1 Å². The summed E-state index contributed by atoms with van der Waals surface area (Å²) in [5.74, 6) is 1.04. The van der Waals surface area contributed by atoms with Crippen LogP contribution >= 0.6 is 0 Å². The van der Waals surface area contributed by atoms with Crippen LogP contribution in [0.4, 0.5) is 0 Å². The second-order valence-corrected chi connectivity index (χ2v) is 7.83. The monoisotopic (exact) mass is 235 g/mol. The fourth-order valence-corrected chi connectivity index (χ4v) is 6.08. The number of rotatable bonds is 3. The minimum Gasteiger partial charge on any atom is -0.304 e. The molecular formula is C16H29N. The minimum atomic E-state index is 0.561. The second kappa shape index (κ2) is 3.50. The van der Waals surface area contributed by atoms with E-state index in [0.717, 1.165) is 5.92 Å². The van der Waals surface area contributed by atoms with Crippen molar-refractivity contribution in [3.8, 4) is 0 Å². The molecule has 0 amide bonds. The first-order chi connectivity index (χ1) is 7.97. The van der Waals surface area contributed by atoms with Crippen LogP contribution in [-0.2, 0) is 0 Å². The number of hydrogen-bond donors (Lipinski definition) is 0. The van der Waals surface area contributed by atoms with Gasteiger partial charge in [-0.3, -0.25) is 0 Å². The Hall–Kier alpha value is -0.0400. The Morgan fingerprint density at radius 1 is 0.882 bits per heavy atom. The lowest BCUT2D eigenvalue weighted by molar-refractivity contribution is -0.166. The first kappa shape index (κ1) is 12.0. The minimum absolute atomic E-state index is 0.561. The number of nitrogens with zero attached hydrogens (tertiary/aromatic N) is 1. The molecule has 0 saturated heterocycles. The summed E-state index contributed by atoms with van der Waals surface area (Å²) < 4.78 is 0. The molecule has 4 saturated carbocycles. The van der Waals surface area contributed by atoms with Crippen LogP contribution in [0.25, 0.3) is 0 Å². The van der Waals surface area contributed by atoms with Gasteiger partial charge in [-0.1, -0.05) is 26.7 Å². The van der Waals surface area contributed by atoms with Crippen LogP contribution in [0.15, 0.2) is 0 Å². The van der Waals surface area contributed by atoms with E-state index < -0.39 is 0 Å². The fraction of sp³-hybridized carbons (Fsp3) is 1.00. The highest BCUT2D eigenvalue weighted by molar-refractivity contribution is 5.15. The lowest BCUT2D eigenvalue weighted by Gasteiger charge is -2.68. The molecule has 1 heteroatoms. The van der Waals surface area contributed by atoms with Gasteiger partial charge in [-0.2, -0.15) is 0 Å². The van der Waals surface area contributed by atoms with Gasteiger partial charge in [0.25, 0.3) is 0 Å². The normalized spacial score (nSPS) is 52.4. The van der Waals surface area contributed by atoms with Gasteiger partial charge in [-0.25, -0.2) is 0 Å². The first-order valence-corrected chi connectivity index (χ1v) is 7.65. The SMILES string of the molecule is CCC12CC3CC(CC)(C1)CC(N(C)C)(C3)C2. The highest BCUT2D eigenvalue weighted by Crippen LogP contribution is 2.69. The zero-order valence-corrected chi connectivity index (χ0v) is 12.2. The largest absolute Gasteiger partial charge is 0.304 e. The van der Waals surface area contributed by atoms with Gasteiger partial charge in [0, 0.05) is 5.54 Å². The molecule has 4 rings (SSSR count). The molecule has 0 N–H and O–H groups in total. The van der Waals surface area contributed by atoms with Crippen molar-refractivity contribution in [2.24, 2.45) is 16.7 Å². The smallest absolute Gasteiger partial charge is 0.0216 e. The Balaban J connectivity index is 2.01. The molecule has 2 atom stereocenters. The molecule has 0 aromatic carbocycles. The van der Waals surface area contributed by atoms with Gasteiger partial charge in [0.15, 0.2) is 0 Å². The van der Waals surface area contributed by atoms with Crippen LogP contribution in [0, 0.1) is 16.7 Å². The summed E-state index contributed by atoms with van der Waals surface area (Å²) in [7, 11) is 4.67. The Morgan fingerprint density at radius 2 is 1.41 bits per heavy atom. The standard InChI is InChI=1S/C16H29N/c1-5-14-7-13-8-15(6-2,10-14)12-16(9-13,11-14)17(3)4/h13H,5-12H2,1-4H3. The summed E-state index contributed by atoms with van der Waals surface area (Å²) in [4.78, 5) is 2.59. The van der Waals surface area contributed by atoms with Gasteiger partial charge in [0.05, 0.1) is 0 Å². The predicted octanol–water partition coefficient (Wildman–Crippen LogP) is 4.08. The van der Waals surface area contributed by atoms with Crippen LogP contribution in [0.3, 0.4) is 0 Å². The van der Waals surface area contributed by atoms with Gasteiger partial charge in [-0.05, 0) is 69.4 Å². The molecule has 0 heterocycles. The predicted molar refractivity (Wildman–Crippen MR) is 73.1 cm³/mol. The van der Waals surface area contributed by atoms with Crippen LogP contribution in [0.5, 0.6) is 0 Å². The summed E-state index contributed by atoms with van der Waals surface area (Å²) in [6.07, 6.45) is 11.9. The summed E-state index contributed by atoms with van der Waals surface area (Å²) in [6, 6.07) is 0. The van der Waals surface area contributed by atoms with E-state index in [1.54, 1.807) is 19.3 Å². The van der Waals surface area contributed by atoms with Crippen LogP contribution in [0.2, 0.25) is 0 Å². The maximum Gasteiger partial charge on any atom is 0.0216 e. The summed E-state index contributed by atoms with van der Waals surface area (Å²) >= 11 is 0. The van der Waals surface area contributed by atoms with Crippen LogP contribution < -0.4 is 0 Å². The molecule has 4 bridgehead atoms. The summed E-state index contributed by atoms with van der Waals surface area (Å²) in [5.41, 5.74) is 1.98. The Labute approximate surface area is 107 Å². The molecule has 0 aliphatic heterocycles. The van der Waals surface area contributed by atoms with Gasteiger partial charge in [0.2, 0.25) is 0 Å². The topological polar surface area (TPSA) is 3.24 Å². The Kier molecular flexibility index (Phi) is 2.47. The Morgan fingerprint density at radius 3 is 1.82 bits per heavy atom. The van der Waals surface area contributed by atoms with Gasteiger partial charge in [0.1, 0.15) is 0 Å². The molecule has 4 fully saturated rings. The van der Waals surface area contributed by atoms with Crippen molar-refractivity contribution in [1.82, 2.24) is 4.90 Å². The zero-order valence-electron chi connectivity index (χ0n) is 12.2. The van der Waals surface area contributed by atoms with Crippen LogP contribution in [0.1, 0.15) is 65.2 Å². The third-order valence-corrected chi connectivity index (χ3v) is 6.72. The van der Waals surface area contributed by atoms with E-state index in [2.05, 4.69) is 32.8 Å². The third-order valence-electron chi connectivity index (χ3n) is 6.72.